The van der Waals surface area contributed by atoms with Crippen LogP contribution in [0, 0.1) is 0 Å². The minimum atomic E-state index is -0.0793. The monoisotopic (exact) mass is 226 g/mol. The van der Waals surface area contributed by atoms with Crippen LogP contribution in [0.2, 0.25) is 0 Å². The first-order chi connectivity index (χ1) is 7.27. The smallest absolute Gasteiger partial charge is 0.306 e. The SMILES string of the molecule is CCCC(CC(=O)OCC)c1cccs1. The summed E-state index contributed by atoms with van der Waals surface area (Å²) in [5.74, 6) is 0.262. The quantitative estimate of drug-likeness (QED) is 0.693. The first kappa shape index (κ1) is 12.2. The topological polar surface area (TPSA) is 26.3 Å². The molecule has 15 heavy (non-hydrogen) atoms. The molecule has 0 fully saturated rings. The van der Waals surface area contributed by atoms with Gasteiger partial charge in [0.1, 0.15) is 0 Å². The third-order valence-electron chi connectivity index (χ3n) is 2.30. The second kappa shape index (κ2) is 6.62. The number of esters is 1. The molecule has 0 aliphatic carbocycles. The third kappa shape index (κ3) is 4.04. The van der Waals surface area contributed by atoms with Gasteiger partial charge in [-0.2, -0.15) is 0 Å². The number of carbonyl (C=O) groups is 1. The summed E-state index contributed by atoms with van der Waals surface area (Å²) >= 11 is 1.72. The summed E-state index contributed by atoms with van der Waals surface area (Å²) in [6.07, 6.45) is 2.67. The van der Waals surface area contributed by atoms with E-state index in [1.54, 1.807) is 11.3 Å². The summed E-state index contributed by atoms with van der Waals surface area (Å²) in [5, 5.41) is 2.06. The lowest BCUT2D eigenvalue weighted by molar-refractivity contribution is -0.143. The first-order valence-corrected chi connectivity index (χ1v) is 6.34. The summed E-state index contributed by atoms with van der Waals surface area (Å²) in [6.45, 7) is 4.46. The number of ether oxygens (including phenoxy) is 1. The number of hydrogen-bond donors (Lipinski definition) is 0. The van der Waals surface area contributed by atoms with Crippen LogP contribution in [0.4, 0.5) is 0 Å². The van der Waals surface area contributed by atoms with Gasteiger partial charge in [0.05, 0.1) is 13.0 Å². The molecule has 0 amide bonds. The van der Waals surface area contributed by atoms with Gasteiger partial charge >= 0.3 is 5.97 Å². The highest BCUT2D eigenvalue weighted by Crippen LogP contribution is 2.28. The Morgan fingerprint density at radius 1 is 1.53 bits per heavy atom. The van der Waals surface area contributed by atoms with Crippen molar-refractivity contribution in [3.63, 3.8) is 0 Å². The molecule has 0 bridgehead atoms. The van der Waals surface area contributed by atoms with Crippen molar-refractivity contribution in [1.29, 1.82) is 0 Å². The van der Waals surface area contributed by atoms with Gasteiger partial charge in [-0.3, -0.25) is 4.79 Å². The molecular weight excluding hydrogens is 208 g/mol. The summed E-state index contributed by atoms with van der Waals surface area (Å²) < 4.78 is 4.98. The Morgan fingerprint density at radius 2 is 2.33 bits per heavy atom. The number of carbonyl (C=O) groups excluding carboxylic acids is 1. The minimum absolute atomic E-state index is 0.0793. The van der Waals surface area contributed by atoms with Gasteiger partial charge < -0.3 is 4.74 Å². The summed E-state index contributed by atoms with van der Waals surface area (Å²) in [4.78, 5) is 12.7. The van der Waals surface area contributed by atoms with Crippen LogP contribution in [-0.2, 0) is 9.53 Å². The maximum Gasteiger partial charge on any atom is 0.306 e. The van der Waals surface area contributed by atoms with Crippen LogP contribution < -0.4 is 0 Å². The maximum atomic E-state index is 11.4. The van der Waals surface area contributed by atoms with Crippen molar-refractivity contribution in [2.24, 2.45) is 0 Å². The molecule has 0 spiro atoms. The predicted molar refractivity (Wildman–Crippen MR) is 63.2 cm³/mol. The van der Waals surface area contributed by atoms with Crippen molar-refractivity contribution in [2.75, 3.05) is 6.61 Å². The van der Waals surface area contributed by atoms with Crippen molar-refractivity contribution in [1.82, 2.24) is 0 Å². The lowest BCUT2D eigenvalue weighted by atomic mass is 9.98. The highest BCUT2D eigenvalue weighted by atomic mass is 32.1. The normalized spacial score (nSPS) is 12.4. The van der Waals surface area contributed by atoms with Gasteiger partial charge in [-0.25, -0.2) is 0 Å². The zero-order valence-electron chi connectivity index (χ0n) is 9.36. The van der Waals surface area contributed by atoms with E-state index in [4.69, 9.17) is 4.74 Å². The van der Waals surface area contributed by atoms with Crippen molar-refractivity contribution in [2.45, 2.75) is 39.0 Å². The average molecular weight is 226 g/mol. The number of rotatable bonds is 6. The Hall–Kier alpha value is -0.830. The first-order valence-electron chi connectivity index (χ1n) is 5.47. The van der Waals surface area contributed by atoms with E-state index in [-0.39, 0.29) is 5.97 Å². The van der Waals surface area contributed by atoms with Crippen LogP contribution in [0.5, 0.6) is 0 Å². The van der Waals surface area contributed by atoms with Gasteiger partial charge in [0, 0.05) is 10.8 Å². The van der Waals surface area contributed by atoms with E-state index in [9.17, 15) is 4.79 Å². The highest BCUT2D eigenvalue weighted by Gasteiger charge is 2.16. The van der Waals surface area contributed by atoms with Crippen LogP contribution in [0.3, 0.4) is 0 Å². The maximum absolute atomic E-state index is 11.4. The predicted octanol–water partition coefficient (Wildman–Crippen LogP) is 3.59. The molecule has 0 radical (unpaired) electrons. The van der Waals surface area contributed by atoms with Crippen molar-refractivity contribution in [3.8, 4) is 0 Å². The standard InChI is InChI=1S/C12H18O2S/c1-3-6-10(9-12(13)14-4-2)11-7-5-8-15-11/h5,7-8,10H,3-4,6,9H2,1-2H3. The van der Waals surface area contributed by atoms with E-state index in [0.29, 0.717) is 18.9 Å². The molecule has 3 heteroatoms. The zero-order valence-corrected chi connectivity index (χ0v) is 10.2. The van der Waals surface area contributed by atoms with E-state index < -0.39 is 0 Å². The second-order valence-corrected chi connectivity index (χ2v) is 4.49. The number of hydrogen-bond acceptors (Lipinski definition) is 3. The van der Waals surface area contributed by atoms with Gasteiger partial charge in [0.2, 0.25) is 0 Å². The van der Waals surface area contributed by atoms with Crippen LogP contribution >= 0.6 is 11.3 Å². The Bertz CT molecular complexity index is 280. The largest absolute Gasteiger partial charge is 0.466 e. The number of thiophene rings is 1. The van der Waals surface area contributed by atoms with Crippen LogP contribution in [0.25, 0.3) is 0 Å². The molecule has 0 saturated heterocycles. The van der Waals surface area contributed by atoms with Crippen molar-refractivity contribution < 1.29 is 9.53 Å². The third-order valence-corrected chi connectivity index (χ3v) is 3.34. The summed E-state index contributed by atoms with van der Waals surface area (Å²) in [5.41, 5.74) is 0. The van der Waals surface area contributed by atoms with Gasteiger partial charge in [0.15, 0.2) is 0 Å². The van der Waals surface area contributed by atoms with Gasteiger partial charge in [-0.15, -0.1) is 11.3 Å². The molecule has 1 unspecified atom stereocenters. The molecule has 2 nitrogen and oxygen atoms in total. The summed E-state index contributed by atoms with van der Waals surface area (Å²) in [7, 11) is 0. The van der Waals surface area contributed by atoms with E-state index in [2.05, 4.69) is 18.4 Å². The molecule has 0 aromatic carbocycles. The Balaban J connectivity index is 2.55. The lowest BCUT2D eigenvalue weighted by Gasteiger charge is -2.13. The molecule has 1 aromatic rings. The zero-order chi connectivity index (χ0) is 11.1. The van der Waals surface area contributed by atoms with E-state index in [1.807, 2.05) is 13.0 Å². The second-order valence-electron chi connectivity index (χ2n) is 3.51. The van der Waals surface area contributed by atoms with Gasteiger partial charge in [-0.1, -0.05) is 19.4 Å². The fourth-order valence-electron chi connectivity index (χ4n) is 1.64. The van der Waals surface area contributed by atoms with Gasteiger partial charge in [-0.05, 0) is 24.8 Å². The molecule has 1 atom stereocenters. The van der Waals surface area contributed by atoms with Crippen LogP contribution in [0.1, 0.15) is 43.9 Å². The average Bonchev–Trinajstić information content (AvgIpc) is 2.70. The van der Waals surface area contributed by atoms with E-state index >= 15 is 0 Å². The minimum Gasteiger partial charge on any atom is -0.466 e. The highest BCUT2D eigenvalue weighted by molar-refractivity contribution is 7.10. The molecule has 0 aliphatic heterocycles. The van der Waals surface area contributed by atoms with Crippen molar-refractivity contribution in [3.05, 3.63) is 22.4 Å². The fourth-order valence-corrected chi connectivity index (χ4v) is 2.50. The Kier molecular flexibility index (Phi) is 5.40. The molecule has 1 heterocycles. The Morgan fingerprint density at radius 3 is 2.87 bits per heavy atom. The Labute approximate surface area is 95.3 Å². The molecule has 1 aromatic heterocycles. The van der Waals surface area contributed by atoms with Crippen LogP contribution in [0.15, 0.2) is 17.5 Å². The summed E-state index contributed by atoms with van der Waals surface area (Å²) in [6, 6.07) is 4.14. The van der Waals surface area contributed by atoms with E-state index in [0.717, 1.165) is 12.8 Å². The fraction of sp³-hybridized carbons (Fsp3) is 0.583. The molecule has 84 valence electrons. The van der Waals surface area contributed by atoms with Crippen LogP contribution in [-0.4, -0.2) is 12.6 Å². The van der Waals surface area contributed by atoms with Crippen molar-refractivity contribution >= 4 is 17.3 Å². The molecule has 0 N–H and O–H groups in total. The molecule has 1 rings (SSSR count). The molecule has 0 saturated carbocycles. The van der Waals surface area contributed by atoms with Gasteiger partial charge in [0.25, 0.3) is 0 Å². The molecular formula is C12H18O2S. The lowest BCUT2D eigenvalue weighted by Crippen LogP contribution is -2.09. The van der Waals surface area contributed by atoms with E-state index in [1.165, 1.54) is 4.88 Å². The molecule has 0 aliphatic rings.